The zero-order chi connectivity index (χ0) is 8.55. The molecule has 0 aromatic heterocycles. The Morgan fingerprint density at radius 2 is 2.08 bits per heavy atom. The van der Waals surface area contributed by atoms with Crippen molar-refractivity contribution >= 4 is 5.91 Å². The minimum atomic E-state index is 0.189. The molecule has 1 saturated carbocycles. The lowest BCUT2D eigenvalue weighted by Gasteiger charge is -2.27. The number of nitrogens with one attached hydrogen (secondary N) is 1. The second-order valence-electron chi connectivity index (χ2n) is 4.02. The Hall–Kier alpha value is -0.570. The summed E-state index contributed by atoms with van der Waals surface area (Å²) < 4.78 is 0. The Kier molecular flexibility index (Phi) is 2.05. The number of carbonyl (C=O) groups is 1. The van der Waals surface area contributed by atoms with Gasteiger partial charge in [-0.2, -0.15) is 0 Å². The Bertz CT molecular complexity index is 179. The van der Waals surface area contributed by atoms with Crippen molar-refractivity contribution in [2.75, 3.05) is 6.54 Å². The minimum Gasteiger partial charge on any atom is -0.356 e. The SMILES string of the molecule is NC(C1CC1)C1CCC(=O)NC1. The zero-order valence-corrected chi connectivity index (χ0v) is 7.25. The number of nitrogens with two attached hydrogens (primary N) is 1. The molecule has 12 heavy (non-hydrogen) atoms. The van der Waals surface area contributed by atoms with Crippen LogP contribution in [0, 0.1) is 11.8 Å². The molecule has 0 aromatic rings. The first kappa shape index (κ1) is 8.05. The number of carbonyl (C=O) groups excluding carboxylic acids is 1. The molecule has 2 rings (SSSR count). The van der Waals surface area contributed by atoms with Gasteiger partial charge in [0.15, 0.2) is 0 Å². The molecular formula is C9H16N2O. The number of hydrogen-bond donors (Lipinski definition) is 2. The van der Waals surface area contributed by atoms with Crippen LogP contribution in [0.25, 0.3) is 0 Å². The highest BCUT2D eigenvalue weighted by Gasteiger charge is 2.35. The normalized spacial score (nSPS) is 32.8. The molecule has 3 heteroatoms. The van der Waals surface area contributed by atoms with Crippen LogP contribution in [0.1, 0.15) is 25.7 Å². The molecule has 0 bridgehead atoms. The summed E-state index contributed by atoms with van der Waals surface area (Å²) in [5, 5.41) is 2.88. The molecule has 3 N–H and O–H groups in total. The summed E-state index contributed by atoms with van der Waals surface area (Å²) in [6.45, 7) is 0.802. The van der Waals surface area contributed by atoms with Gasteiger partial charge in [0.2, 0.25) is 5.91 Å². The van der Waals surface area contributed by atoms with Gasteiger partial charge in [0, 0.05) is 19.0 Å². The van der Waals surface area contributed by atoms with Gasteiger partial charge in [-0.15, -0.1) is 0 Å². The van der Waals surface area contributed by atoms with E-state index in [0.29, 0.717) is 18.4 Å². The summed E-state index contributed by atoms with van der Waals surface area (Å²) in [6.07, 6.45) is 4.26. The fourth-order valence-electron chi connectivity index (χ4n) is 1.95. The molecule has 3 nitrogen and oxygen atoms in total. The van der Waals surface area contributed by atoms with E-state index in [4.69, 9.17) is 5.73 Å². The number of hydrogen-bond acceptors (Lipinski definition) is 2. The third kappa shape index (κ3) is 1.61. The predicted octanol–water partition coefficient (Wildman–Crippen LogP) is 0.250. The maximum atomic E-state index is 10.9. The Morgan fingerprint density at radius 1 is 1.33 bits per heavy atom. The minimum absolute atomic E-state index is 0.189. The standard InChI is InChI=1S/C9H16N2O/c10-9(6-1-2-6)7-3-4-8(12)11-5-7/h6-7,9H,1-5,10H2,(H,11,12). The van der Waals surface area contributed by atoms with E-state index in [1.54, 1.807) is 0 Å². The molecule has 2 aliphatic rings. The summed E-state index contributed by atoms with van der Waals surface area (Å²) in [7, 11) is 0. The first-order valence-electron chi connectivity index (χ1n) is 4.79. The summed E-state index contributed by atoms with van der Waals surface area (Å²) >= 11 is 0. The van der Waals surface area contributed by atoms with E-state index < -0.39 is 0 Å². The highest BCUT2D eigenvalue weighted by molar-refractivity contribution is 5.76. The Labute approximate surface area is 72.7 Å². The maximum Gasteiger partial charge on any atom is 0.220 e. The smallest absolute Gasteiger partial charge is 0.220 e. The molecule has 1 heterocycles. The van der Waals surface area contributed by atoms with Crippen LogP contribution in [0.4, 0.5) is 0 Å². The quantitative estimate of drug-likeness (QED) is 0.621. The van der Waals surface area contributed by atoms with Crippen molar-refractivity contribution in [1.29, 1.82) is 0 Å². The molecule has 1 aliphatic carbocycles. The zero-order valence-electron chi connectivity index (χ0n) is 7.25. The van der Waals surface area contributed by atoms with Crippen LogP contribution in [0.2, 0.25) is 0 Å². The van der Waals surface area contributed by atoms with Gasteiger partial charge < -0.3 is 11.1 Å². The van der Waals surface area contributed by atoms with E-state index in [1.807, 2.05) is 0 Å². The number of amides is 1. The van der Waals surface area contributed by atoms with Crippen molar-refractivity contribution in [3.8, 4) is 0 Å². The molecule has 2 fully saturated rings. The van der Waals surface area contributed by atoms with Gasteiger partial charge in [0.05, 0.1) is 0 Å². The van der Waals surface area contributed by atoms with Gasteiger partial charge >= 0.3 is 0 Å². The Balaban J connectivity index is 1.83. The van der Waals surface area contributed by atoms with Crippen LogP contribution < -0.4 is 11.1 Å². The summed E-state index contributed by atoms with van der Waals surface area (Å²) in [6, 6.07) is 0.339. The van der Waals surface area contributed by atoms with Gasteiger partial charge in [0.25, 0.3) is 0 Å². The van der Waals surface area contributed by atoms with Crippen molar-refractivity contribution in [1.82, 2.24) is 5.32 Å². The lowest BCUT2D eigenvalue weighted by Crippen LogP contribution is -2.44. The molecule has 0 radical (unpaired) electrons. The van der Waals surface area contributed by atoms with E-state index in [0.717, 1.165) is 18.9 Å². The molecular weight excluding hydrogens is 152 g/mol. The van der Waals surface area contributed by atoms with Crippen LogP contribution in [0.5, 0.6) is 0 Å². The third-order valence-corrected chi connectivity index (χ3v) is 3.01. The monoisotopic (exact) mass is 168 g/mol. The fraction of sp³-hybridized carbons (Fsp3) is 0.889. The van der Waals surface area contributed by atoms with Crippen LogP contribution in [-0.4, -0.2) is 18.5 Å². The van der Waals surface area contributed by atoms with Crippen LogP contribution in [-0.2, 0) is 4.79 Å². The summed E-state index contributed by atoms with van der Waals surface area (Å²) in [4.78, 5) is 10.9. The maximum absolute atomic E-state index is 10.9. The lowest BCUT2D eigenvalue weighted by atomic mass is 9.89. The van der Waals surface area contributed by atoms with Crippen molar-refractivity contribution in [2.24, 2.45) is 17.6 Å². The van der Waals surface area contributed by atoms with E-state index >= 15 is 0 Å². The average molecular weight is 168 g/mol. The van der Waals surface area contributed by atoms with E-state index in [9.17, 15) is 4.79 Å². The van der Waals surface area contributed by atoms with E-state index in [2.05, 4.69) is 5.32 Å². The van der Waals surface area contributed by atoms with Gasteiger partial charge in [-0.3, -0.25) is 4.79 Å². The van der Waals surface area contributed by atoms with E-state index in [1.165, 1.54) is 12.8 Å². The van der Waals surface area contributed by atoms with Gasteiger partial charge in [-0.25, -0.2) is 0 Å². The lowest BCUT2D eigenvalue weighted by molar-refractivity contribution is -0.123. The van der Waals surface area contributed by atoms with Crippen molar-refractivity contribution in [3.63, 3.8) is 0 Å². The molecule has 0 aromatic carbocycles. The van der Waals surface area contributed by atoms with Gasteiger partial charge in [-0.1, -0.05) is 0 Å². The second kappa shape index (κ2) is 3.05. The highest BCUT2D eigenvalue weighted by Crippen LogP contribution is 2.36. The second-order valence-corrected chi connectivity index (χ2v) is 4.02. The van der Waals surface area contributed by atoms with Crippen molar-refractivity contribution in [3.05, 3.63) is 0 Å². The largest absolute Gasteiger partial charge is 0.356 e. The molecule has 68 valence electrons. The first-order chi connectivity index (χ1) is 5.77. The highest BCUT2D eigenvalue weighted by atomic mass is 16.1. The molecule has 1 saturated heterocycles. The predicted molar refractivity (Wildman–Crippen MR) is 46.4 cm³/mol. The van der Waals surface area contributed by atoms with Crippen molar-refractivity contribution in [2.45, 2.75) is 31.7 Å². The summed E-state index contributed by atoms with van der Waals surface area (Å²) in [5.74, 6) is 1.48. The molecule has 1 amide bonds. The van der Waals surface area contributed by atoms with Crippen LogP contribution in [0.15, 0.2) is 0 Å². The average Bonchev–Trinajstić information content (AvgIpc) is 2.87. The fourth-order valence-corrected chi connectivity index (χ4v) is 1.95. The number of rotatable bonds is 2. The topological polar surface area (TPSA) is 55.1 Å². The molecule has 2 unspecified atom stereocenters. The molecule has 2 atom stereocenters. The van der Waals surface area contributed by atoms with Crippen LogP contribution in [0.3, 0.4) is 0 Å². The third-order valence-electron chi connectivity index (χ3n) is 3.01. The molecule has 0 spiro atoms. The van der Waals surface area contributed by atoms with Crippen LogP contribution >= 0.6 is 0 Å². The van der Waals surface area contributed by atoms with E-state index in [-0.39, 0.29) is 5.91 Å². The first-order valence-corrected chi connectivity index (χ1v) is 4.79. The Morgan fingerprint density at radius 3 is 2.58 bits per heavy atom. The van der Waals surface area contributed by atoms with Gasteiger partial charge in [0.1, 0.15) is 0 Å². The van der Waals surface area contributed by atoms with Gasteiger partial charge in [-0.05, 0) is 31.1 Å². The number of piperidine rings is 1. The van der Waals surface area contributed by atoms with Crippen molar-refractivity contribution < 1.29 is 4.79 Å². The summed E-state index contributed by atoms with van der Waals surface area (Å²) in [5.41, 5.74) is 6.05. The molecule has 1 aliphatic heterocycles.